The Balaban J connectivity index is 2.74. The predicted octanol–water partition coefficient (Wildman–Crippen LogP) is 1.06. The molecule has 0 saturated heterocycles. The number of carbonyl (C=O) groups is 1. The second-order valence-corrected chi connectivity index (χ2v) is 6.47. The molecule has 146 valence electrons. The second-order valence-electron chi connectivity index (χ2n) is 6.47. The molecule has 1 rings (SSSR count). The van der Waals surface area contributed by atoms with Gasteiger partial charge in [0, 0.05) is 52.8 Å². The quantitative estimate of drug-likeness (QED) is 0.503. The first-order chi connectivity index (χ1) is 12.0. The van der Waals surface area contributed by atoms with Gasteiger partial charge >= 0.3 is 5.97 Å². The SMILES string of the molecule is COC(CCO)CC1=CC(=O)OC(C(C)C(CC(CO)OC)OC)C1. The highest BCUT2D eigenvalue weighted by Crippen LogP contribution is 2.29. The van der Waals surface area contributed by atoms with Gasteiger partial charge < -0.3 is 29.2 Å². The normalized spacial score (nSPS) is 22.7. The zero-order chi connectivity index (χ0) is 18.8. The van der Waals surface area contributed by atoms with Gasteiger partial charge in [-0.2, -0.15) is 0 Å². The van der Waals surface area contributed by atoms with Gasteiger partial charge in [0.15, 0.2) is 0 Å². The van der Waals surface area contributed by atoms with E-state index in [1.807, 2.05) is 6.92 Å². The molecule has 7 heteroatoms. The van der Waals surface area contributed by atoms with Crippen molar-refractivity contribution in [1.29, 1.82) is 0 Å². The summed E-state index contributed by atoms with van der Waals surface area (Å²) in [6.07, 6.45) is 2.80. The van der Waals surface area contributed by atoms with Crippen LogP contribution in [0.4, 0.5) is 0 Å². The molecule has 2 N–H and O–H groups in total. The van der Waals surface area contributed by atoms with E-state index in [1.54, 1.807) is 21.3 Å². The Labute approximate surface area is 149 Å². The third-order valence-corrected chi connectivity index (χ3v) is 4.83. The fourth-order valence-corrected chi connectivity index (χ4v) is 3.15. The summed E-state index contributed by atoms with van der Waals surface area (Å²) in [6, 6.07) is 0. The predicted molar refractivity (Wildman–Crippen MR) is 92.2 cm³/mol. The van der Waals surface area contributed by atoms with Crippen LogP contribution in [-0.4, -0.2) is 75.1 Å². The Bertz CT molecular complexity index is 420. The van der Waals surface area contributed by atoms with Crippen LogP contribution in [0.3, 0.4) is 0 Å². The largest absolute Gasteiger partial charge is 0.458 e. The lowest BCUT2D eigenvalue weighted by molar-refractivity contribution is -0.151. The first-order valence-electron chi connectivity index (χ1n) is 8.69. The van der Waals surface area contributed by atoms with Crippen molar-refractivity contribution in [3.63, 3.8) is 0 Å². The lowest BCUT2D eigenvalue weighted by atomic mass is 9.87. The number of hydrogen-bond acceptors (Lipinski definition) is 7. The molecule has 0 aromatic rings. The van der Waals surface area contributed by atoms with E-state index in [-0.39, 0.29) is 49.5 Å². The van der Waals surface area contributed by atoms with Gasteiger partial charge in [-0.25, -0.2) is 4.79 Å². The van der Waals surface area contributed by atoms with Gasteiger partial charge in [-0.3, -0.25) is 0 Å². The smallest absolute Gasteiger partial charge is 0.330 e. The van der Waals surface area contributed by atoms with Crippen molar-refractivity contribution in [1.82, 2.24) is 0 Å². The first kappa shape index (κ1) is 22.1. The second kappa shape index (κ2) is 11.6. The van der Waals surface area contributed by atoms with E-state index in [0.29, 0.717) is 25.7 Å². The molecule has 0 aromatic heterocycles. The van der Waals surface area contributed by atoms with E-state index in [0.717, 1.165) is 5.57 Å². The van der Waals surface area contributed by atoms with Crippen molar-refractivity contribution < 1.29 is 34.0 Å². The number of carbonyl (C=O) groups excluding carboxylic acids is 1. The molecule has 5 unspecified atom stereocenters. The fourth-order valence-electron chi connectivity index (χ4n) is 3.15. The molecule has 7 nitrogen and oxygen atoms in total. The molecule has 0 aromatic carbocycles. The summed E-state index contributed by atoms with van der Waals surface area (Å²) in [5, 5.41) is 18.4. The van der Waals surface area contributed by atoms with Gasteiger partial charge in [0.05, 0.1) is 24.9 Å². The Morgan fingerprint density at radius 3 is 2.40 bits per heavy atom. The Kier molecular flexibility index (Phi) is 10.2. The topological polar surface area (TPSA) is 94.5 Å². The molecule has 0 saturated carbocycles. The lowest BCUT2D eigenvalue weighted by Crippen LogP contribution is -2.39. The molecule has 0 amide bonds. The zero-order valence-corrected chi connectivity index (χ0v) is 15.6. The average Bonchev–Trinajstić information content (AvgIpc) is 2.61. The van der Waals surface area contributed by atoms with Crippen LogP contribution in [0.15, 0.2) is 11.6 Å². The van der Waals surface area contributed by atoms with Crippen LogP contribution in [0.25, 0.3) is 0 Å². The maximum absolute atomic E-state index is 12.0. The summed E-state index contributed by atoms with van der Waals surface area (Å²) in [4.78, 5) is 12.0. The number of hydrogen-bond donors (Lipinski definition) is 2. The molecule has 5 atom stereocenters. The van der Waals surface area contributed by atoms with Crippen LogP contribution in [-0.2, 0) is 23.7 Å². The molecular weight excluding hydrogens is 328 g/mol. The van der Waals surface area contributed by atoms with Gasteiger partial charge in [0.1, 0.15) is 6.10 Å². The van der Waals surface area contributed by atoms with Crippen molar-refractivity contribution in [2.45, 2.75) is 57.0 Å². The molecule has 1 aliphatic rings. The van der Waals surface area contributed by atoms with Crippen molar-refractivity contribution in [2.24, 2.45) is 5.92 Å². The van der Waals surface area contributed by atoms with Gasteiger partial charge in [-0.05, 0) is 12.8 Å². The van der Waals surface area contributed by atoms with Crippen molar-refractivity contribution in [2.75, 3.05) is 34.5 Å². The van der Waals surface area contributed by atoms with E-state index in [1.165, 1.54) is 6.08 Å². The van der Waals surface area contributed by atoms with Crippen LogP contribution in [0, 0.1) is 5.92 Å². The van der Waals surface area contributed by atoms with Crippen LogP contribution in [0.5, 0.6) is 0 Å². The Morgan fingerprint density at radius 1 is 1.20 bits per heavy atom. The summed E-state index contributed by atoms with van der Waals surface area (Å²) in [5.41, 5.74) is 0.953. The van der Waals surface area contributed by atoms with E-state index in [2.05, 4.69) is 0 Å². The van der Waals surface area contributed by atoms with Crippen molar-refractivity contribution in [3.05, 3.63) is 11.6 Å². The number of ether oxygens (including phenoxy) is 4. The molecule has 0 radical (unpaired) electrons. The van der Waals surface area contributed by atoms with E-state index >= 15 is 0 Å². The molecular formula is C18H32O7. The number of rotatable bonds is 12. The number of cyclic esters (lactones) is 1. The zero-order valence-electron chi connectivity index (χ0n) is 15.6. The number of aliphatic hydroxyl groups is 2. The fraction of sp³-hybridized carbons (Fsp3) is 0.833. The summed E-state index contributed by atoms with van der Waals surface area (Å²) in [5.74, 6) is -0.419. The molecule has 1 aliphatic heterocycles. The van der Waals surface area contributed by atoms with Crippen LogP contribution < -0.4 is 0 Å². The minimum absolute atomic E-state index is 0.0430. The van der Waals surface area contributed by atoms with E-state index < -0.39 is 0 Å². The van der Waals surface area contributed by atoms with Crippen molar-refractivity contribution in [3.8, 4) is 0 Å². The third-order valence-electron chi connectivity index (χ3n) is 4.83. The van der Waals surface area contributed by atoms with Gasteiger partial charge in [-0.15, -0.1) is 0 Å². The minimum Gasteiger partial charge on any atom is -0.458 e. The van der Waals surface area contributed by atoms with E-state index in [9.17, 15) is 9.90 Å². The first-order valence-corrected chi connectivity index (χ1v) is 8.69. The molecule has 0 fully saturated rings. The number of aliphatic hydroxyl groups excluding tert-OH is 2. The highest BCUT2D eigenvalue weighted by Gasteiger charge is 2.33. The van der Waals surface area contributed by atoms with Crippen LogP contribution in [0.2, 0.25) is 0 Å². The molecule has 0 spiro atoms. The van der Waals surface area contributed by atoms with Gasteiger partial charge in [0.2, 0.25) is 0 Å². The third kappa shape index (κ3) is 7.03. The highest BCUT2D eigenvalue weighted by molar-refractivity contribution is 5.83. The minimum atomic E-state index is -0.364. The maximum atomic E-state index is 12.0. The number of esters is 1. The molecule has 0 bridgehead atoms. The van der Waals surface area contributed by atoms with E-state index in [4.69, 9.17) is 24.1 Å². The van der Waals surface area contributed by atoms with Crippen molar-refractivity contribution >= 4 is 5.97 Å². The van der Waals surface area contributed by atoms with Crippen LogP contribution in [0.1, 0.15) is 32.6 Å². The van der Waals surface area contributed by atoms with Gasteiger partial charge in [0.25, 0.3) is 0 Å². The molecule has 0 aliphatic carbocycles. The molecule has 1 heterocycles. The average molecular weight is 360 g/mol. The summed E-state index contributed by atoms with van der Waals surface area (Å²) >= 11 is 0. The standard InChI is InChI=1S/C18H32O7/c1-12(16(24-4)10-15(11-20)23-3)17-8-13(9-18(21)25-17)7-14(22-2)5-6-19/h9,12,14-17,19-20H,5-8,10-11H2,1-4H3. The Hall–Kier alpha value is -0.990. The summed E-state index contributed by atoms with van der Waals surface area (Å²) in [6.45, 7) is 1.93. The van der Waals surface area contributed by atoms with Crippen LogP contribution >= 0.6 is 0 Å². The summed E-state index contributed by atoms with van der Waals surface area (Å²) < 4.78 is 21.6. The Morgan fingerprint density at radius 2 is 1.88 bits per heavy atom. The number of methoxy groups -OCH3 is 3. The molecule has 25 heavy (non-hydrogen) atoms. The van der Waals surface area contributed by atoms with Gasteiger partial charge in [-0.1, -0.05) is 12.5 Å². The summed E-state index contributed by atoms with van der Waals surface area (Å²) in [7, 11) is 4.75. The highest BCUT2D eigenvalue weighted by atomic mass is 16.5. The lowest BCUT2D eigenvalue weighted by Gasteiger charge is -2.34. The monoisotopic (exact) mass is 360 g/mol. The maximum Gasteiger partial charge on any atom is 0.330 e.